The lowest BCUT2D eigenvalue weighted by atomic mass is 10.2. The van der Waals surface area contributed by atoms with Crippen molar-refractivity contribution in [3.8, 4) is 0 Å². The average molecular weight is 416 g/mol. The van der Waals surface area contributed by atoms with Crippen LogP contribution in [0.2, 0.25) is 0 Å². The molecule has 0 aromatic heterocycles. The Morgan fingerprint density at radius 1 is 0.931 bits per heavy atom. The molecule has 3 aromatic carbocycles. The largest absolute Gasteiger partial charge is 0.317 e. The molecule has 0 heterocycles. The van der Waals surface area contributed by atoms with Gasteiger partial charge in [-0.15, -0.1) is 0 Å². The minimum atomic E-state index is -3.94. The van der Waals surface area contributed by atoms with E-state index in [1.165, 1.54) is 31.3 Å². The molecule has 0 aliphatic rings. The first-order valence-electron chi connectivity index (χ1n) is 8.61. The molecule has 3 rings (SSSR count). The van der Waals surface area contributed by atoms with Gasteiger partial charge in [-0.05, 0) is 49.4 Å². The lowest BCUT2D eigenvalue weighted by molar-refractivity contribution is 0.102. The van der Waals surface area contributed by atoms with Gasteiger partial charge in [0.1, 0.15) is 17.3 Å². The molecule has 0 fully saturated rings. The molecular weight excluding hydrogens is 398 g/mol. The van der Waals surface area contributed by atoms with Crippen molar-refractivity contribution in [1.82, 2.24) is 0 Å². The van der Waals surface area contributed by atoms with Gasteiger partial charge < -0.3 is 5.32 Å². The average Bonchev–Trinajstić information content (AvgIpc) is 2.71. The van der Waals surface area contributed by atoms with Crippen molar-refractivity contribution in [3.63, 3.8) is 0 Å². The zero-order valence-corrected chi connectivity index (χ0v) is 16.5. The number of nitrogens with zero attached hydrogens (tertiary/aromatic N) is 1. The second-order valence-corrected chi connectivity index (χ2v) is 8.36. The summed E-state index contributed by atoms with van der Waals surface area (Å²) in [6.45, 7) is 1.89. The predicted molar refractivity (Wildman–Crippen MR) is 108 cm³/mol. The lowest BCUT2D eigenvalue weighted by Crippen LogP contribution is -2.27. The number of carbonyl (C=O) groups is 1. The van der Waals surface area contributed by atoms with Crippen LogP contribution >= 0.6 is 0 Å². The number of hydrogen-bond acceptors (Lipinski definition) is 3. The third-order valence-electron chi connectivity index (χ3n) is 4.35. The van der Waals surface area contributed by atoms with Crippen LogP contribution in [-0.2, 0) is 10.0 Å². The molecule has 0 saturated heterocycles. The molecule has 0 spiro atoms. The number of anilines is 2. The summed E-state index contributed by atoms with van der Waals surface area (Å²) in [7, 11) is -2.54. The maximum Gasteiger partial charge on any atom is 0.264 e. The number of aryl methyl sites for hydroxylation is 1. The number of halogens is 2. The maximum absolute atomic E-state index is 13.8. The van der Waals surface area contributed by atoms with E-state index in [0.717, 1.165) is 28.1 Å². The van der Waals surface area contributed by atoms with Crippen molar-refractivity contribution in [2.24, 2.45) is 0 Å². The number of carbonyl (C=O) groups excluding carboxylic acids is 1. The Hall–Kier alpha value is -3.26. The molecule has 3 aromatic rings. The highest BCUT2D eigenvalue weighted by atomic mass is 32.2. The first kappa shape index (κ1) is 20.5. The Bertz CT molecular complexity index is 1140. The third-order valence-corrected chi connectivity index (χ3v) is 6.14. The molecule has 150 valence electrons. The van der Waals surface area contributed by atoms with Gasteiger partial charge in [0.05, 0.1) is 10.6 Å². The van der Waals surface area contributed by atoms with E-state index >= 15 is 0 Å². The van der Waals surface area contributed by atoms with E-state index in [0.29, 0.717) is 5.69 Å². The van der Waals surface area contributed by atoms with Gasteiger partial charge in [-0.25, -0.2) is 17.2 Å². The molecular formula is C21H18F2N2O3S. The van der Waals surface area contributed by atoms with Crippen LogP contribution < -0.4 is 9.62 Å². The zero-order valence-electron chi connectivity index (χ0n) is 15.7. The smallest absolute Gasteiger partial charge is 0.264 e. The number of sulfonamides is 1. The van der Waals surface area contributed by atoms with Crippen LogP contribution in [0.3, 0.4) is 0 Å². The van der Waals surface area contributed by atoms with Gasteiger partial charge in [0.2, 0.25) is 0 Å². The maximum atomic E-state index is 13.8. The lowest BCUT2D eigenvalue weighted by Gasteiger charge is -2.20. The topological polar surface area (TPSA) is 66.5 Å². The van der Waals surface area contributed by atoms with Gasteiger partial charge in [0.25, 0.3) is 15.9 Å². The summed E-state index contributed by atoms with van der Waals surface area (Å²) in [5, 5.41) is 2.14. The van der Waals surface area contributed by atoms with Crippen LogP contribution in [0, 0.1) is 18.6 Å². The molecule has 0 atom stereocenters. The summed E-state index contributed by atoms with van der Waals surface area (Å²) >= 11 is 0. The predicted octanol–water partition coefficient (Wildman–Crippen LogP) is 4.35. The Labute approximate surface area is 167 Å². The fraction of sp³-hybridized carbons (Fsp3) is 0.0952. The fourth-order valence-corrected chi connectivity index (χ4v) is 3.89. The molecule has 8 heteroatoms. The molecule has 5 nitrogen and oxygen atoms in total. The molecule has 0 radical (unpaired) electrons. The molecule has 0 bridgehead atoms. The van der Waals surface area contributed by atoms with E-state index in [9.17, 15) is 22.0 Å². The van der Waals surface area contributed by atoms with Gasteiger partial charge in [-0.2, -0.15) is 0 Å². The summed E-state index contributed by atoms with van der Waals surface area (Å²) in [6.07, 6.45) is 0. The van der Waals surface area contributed by atoms with Crippen molar-refractivity contribution < 1.29 is 22.0 Å². The van der Waals surface area contributed by atoms with Crippen molar-refractivity contribution in [3.05, 3.63) is 89.5 Å². The quantitative estimate of drug-likeness (QED) is 0.672. The number of nitrogens with one attached hydrogen (secondary N) is 1. The van der Waals surface area contributed by atoms with E-state index in [-0.39, 0.29) is 10.5 Å². The summed E-state index contributed by atoms with van der Waals surface area (Å²) in [5.74, 6) is -2.69. The van der Waals surface area contributed by atoms with E-state index < -0.39 is 33.3 Å². The highest BCUT2D eigenvalue weighted by Gasteiger charge is 2.23. The summed E-state index contributed by atoms with van der Waals surface area (Å²) < 4.78 is 54.5. The molecule has 0 aliphatic carbocycles. The van der Waals surface area contributed by atoms with Crippen LogP contribution in [0.15, 0.2) is 71.6 Å². The van der Waals surface area contributed by atoms with Crippen molar-refractivity contribution in [2.75, 3.05) is 16.7 Å². The van der Waals surface area contributed by atoms with E-state index in [1.807, 2.05) is 6.92 Å². The van der Waals surface area contributed by atoms with Gasteiger partial charge in [-0.3, -0.25) is 9.10 Å². The fourth-order valence-electron chi connectivity index (χ4n) is 2.65. The third kappa shape index (κ3) is 4.27. The van der Waals surface area contributed by atoms with Crippen molar-refractivity contribution in [1.29, 1.82) is 0 Å². The Balaban J connectivity index is 1.90. The number of para-hydroxylation sites is 1. The molecule has 1 amide bonds. The van der Waals surface area contributed by atoms with Crippen LogP contribution in [0.5, 0.6) is 0 Å². The molecule has 0 aliphatic heterocycles. The standard InChI is InChI=1S/C21H18F2N2O3S/c1-14-9-11-16(12-10-14)25(2)29(27,28)17-6-3-5-15(13-17)21(26)24-20-18(22)7-4-8-19(20)23/h3-13H,1-2H3,(H,24,26). The Morgan fingerprint density at radius 3 is 2.14 bits per heavy atom. The molecule has 1 N–H and O–H groups in total. The number of benzene rings is 3. The second-order valence-electron chi connectivity index (χ2n) is 6.39. The SMILES string of the molecule is Cc1ccc(N(C)S(=O)(=O)c2cccc(C(=O)Nc3c(F)cccc3F)c2)cc1. The van der Waals surface area contributed by atoms with E-state index in [4.69, 9.17) is 0 Å². The van der Waals surface area contributed by atoms with Gasteiger partial charge in [0, 0.05) is 12.6 Å². The van der Waals surface area contributed by atoms with Crippen molar-refractivity contribution >= 4 is 27.3 Å². The second kappa shape index (κ2) is 8.00. The highest BCUT2D eigenvalue weighted by molar-refractivity contribution is 7.92. The number of amides is 1. The highest BCUT2D eigenvalue weighted by Crippen LogP contribution is 2.24. The Kier molecular flexibility index (Phi) is 5.65. The molecule has 29 heavy (non-hydrogen) atoms. The van der Waals surface area contributed by atoms with Crippen LogP contribution in [-0.4, -0.2) is 21.4 Å². The van der Waals surface area contributed by atoms with Gasteiger partial charge >= 0.3 is 0 Å². The number of hydrogen-bond donors (Lipinski definition) is 1. The van der Waals surface area contributed by atoms with E-state index in [2.05, 4.69) is 5.32 Å². The minimum absolute atomic E-state index is 0.0500. The first-order valence-corrected chi connectivity index (χ1v) is 10.0. The summed E-state index contributed by atoms with van der Waals surface area (Å²) in [5.41, 5.74) is 0.797. The zero-order chi connectivity index (χ0) is 21.2. The normalized spacial score (nSPS) is 11.2. The van der Waals surface area contributed by atoms with Crippen LogP contribution in [0.1, 0.15) is 15.9 Å². The van der Waals surface area contributed by atoms with Gasteiger partial charge in [-0.1, -0.05) is 29.8 Å². The first-order chi connectivity index (χ1) is 13.7. The Morgan fingerprint density at radius 2 is 1.52 bits per heavy atom. The van der Waals surface area contributed by atoms with E-state index in [1.54, 1.807) is 24.3 Å². The van der Waals surface area contributed by atoms with Crippen LogP contribution in [0.4, 0.5) is 20.2 Å². The summed E-state index contributed by atoms with van der Waals surface area (Å²) in [4.78, 5) is 12.3. The minimum Gasteiger partial charge on any atom is -0.317 e. The molecule has 0 saturated carbocycles. The van der Waals surface area contributed by atoms with Crippen LogP contribution in [0.25, 0.3) is 0 Å². The van der Waals surface area contributed by atoms with Gasteiger partial charge in [0.15, 0.2) is 0 Å². The monoisotopic (exact) mass is 416 g/mol. The molecule has 0 unspecified atom stereocenters. The van der Waals surface area contributed by atoms with Crippen molar-refractivity contribution in [2.45, 2.75) is 11.8 Å². The number of rotatable bonds is 5. The summed E-state index contributed by atoms with van der Waals surface area (Å²) in [6, 6.07) is 15.4.